The number of rotatable bonds is 3. The first-order valence-corrected chi connectivity index (χ1v) is 11.8. The van der Waals surface area contributed by atoms with E-state index in [9.17, 15) is 0 Å². The van der Waals surface area contributed by atoms with Gasteiger partial charge in [0.05, 0.1) is 10.9 Å². The first-order chi connectivity index (χ1) is 17.4. The largest absolute Gasteiger partial charge is 0.456 e. The number of hydrogen-bond acceptors (Lipinski definition) is 2. The standard InChI is InChI=1S/C33H21NO/c1-2-11-23(12-3-1)30-28-16-8-9-17-29(28)33(31-27-15-7-6-14-25(27)21-34-32(30)31)35-26-19-18-22-10-4-5-13-24(22)20-26/h1-21H. The average Bonchev–Trinajstić information content (AvgIpc) is 2.93. The lowest BCUT2D eigenvalue weighted by atomic mass is 9.92. The lowest BCUT2D eigenvalue weighted by Crippen LogP contribution is -1.95. The second-order valence-corrected chi connectivity index (χ2v) is 8.80. The van der Waals surface area contributed by atoms with Gasteiger partial charge in [-0.1, -0.05) is 109 Å². The Labute approximate surface area is 203 Å². The molecular weight excluding hydrogens is 426 g/mol. The number of ether oxygens (including phenoxy) is 1. The highest BCUT2D eigenvalue weighted by atomic mass is 16.5. The van der Waals surface area contributed by atoms with E-state index in [4.69, 9.17) is 9.72 Å². The molecule has 35 heavy (non-hydrogen) atoms. The molecule has 0 aliphatic heterocycles. The van der Waals surface area contributed by atoms with Gasteiger partial charge < -0.3 is 4.74 Å². The second kappa shape index (κ2) is 7.96. The second-order valence-electron chi connectivity index (χ2n) is 8.80. The van der Waals surface area contributed by atoms with Crippen LogP contribution < -0.4 is 4.74 Å². The molecule has 0 aliphatic carbocycles. The maximum atomic E-state index is 6.77. The van der Waals surface area contributed by atoms with Gasteiger partial charge in [0.2, 0.25) is 0 Å². The van der Waals surface area contributed by atoms with Crippen molar-refractivity contribution in [1.29, 1.82) is 0 Å². The fraction of sp³-hybridized carbons (Fsp3) is 0. The number of fused-ring (bicyclic) bond motifs is 5. The summed E-state index contributed by atoms with van der Waals surface area (Å²) in [6, 6.07) is 42.0. The number of pyridine rings is 1. The molecule has 1 heterocycles. The van der Waals surface area contributed by atoms with Gasteiger partial charge in [-0.3, -0.25) is 4.98 Å². The Morgan fingerprint density at radius 3 is 2.00 bits per heavy atom. The molecule has 0 atom stereocenters. The predicted molar refractivity (Wildman–Crippen MR) is 146 cm³/mol. The third-order valence-corrected chi connectivity index (χ3v) is 6.71. The lowest BCUT2D eigenvalue weighted by molar-refractivity contribution is 0.495. The Hall–Kier alpha value is -4.69. The van der Waals surface area contributed by atoms with Gasteiger partial charge in [-0.25, -0.2) is 0 Å². The Kier molecular flexibility index (Phi) is 4.49. The first kappa shape index (κ1) is 19.7. The van der Waals surface area contributed by atoms with Crippen molar-refractivity contribution in [3.05, 3.63) is 128 Å². The zero-order valence-corrected chi connectivity index (χ0v) is 19.0. The molecule has 164 valence electrons. The van der Waals surface area contributed by atoms with Crippen molar-refractivity contribution in [2.45, 2.75) is 0 Å². The van der Waals surface area contributed by atoms with Gasteiger partial charge in [-0.05, 0) is 39.2 Å². The summed E-state index contributed by atoms with van der Waals surface area (Å²) in [7, 11) is 0. The summed E-state index contributed by atoms with van der Waals surface area (Å²) in [5, 5.41) is 7.82. The summed E-state index contributed by atoms with van der Waals surface area (Å²) in [6.45, 7) is 0. The molecule has 0 amide bonds. The van der Waals surface area contributed by atoms with E-state index >= 15 is 0 Å². The van der Waals surface area contributed by atoms with Crippen LogP contribution in [0.25, 0.3) is 54.3 Å². The van der Waals surface area contributed by atoms with Crippen molar-refractivity contribution in [2.75, 3.05) is 0 Å². The molecule has 0 unspecified atom stereocenters. The number of benzene rings is 6. The van der Waals surface area contributed by atoms with E-state index in [-0.39, 0.29) is 0 Å². The summed E-state index contributed by atoms with van der Waals surface area (Å²) >= 11 is 0. The van der Waals surface area contributed by atoms with Crippen LogP contribution in [0.2, 0.25) is 0 Å². The summed E-state index contributed by atoms with van der Waals surface area (Å²) in [5.74, 6) is 1.66. The molecule has 7 aromatic rings. The molecular formula is C33H21NO. The fourth-order valence-corrected chi connectivity index (χ4v) is 5.10. The van der Waals surface area contributed by atoms with Crippen LogP contribution in [0, 0.1) is 0 Å². The van der Waals surface area contributed by atoms with Crippen LogP contribution in [-0.4, -0.2) is 4.98 Å². The number of aromatic nitrogens is 1. The van der Waals surface area contributed by atoms with Crippen LogP contribution in [0.4, 0.5) is 0 Å². The zero-order chi connectivity index (χ0) is 23.2. The number of nitrogens with zero attached hydrogens (tertiary/aromatic N) is 1. The molecule has 0 saturated carbocycles. The Balaban J connectivity index is 1.61. The summed E-state index contributed by atoms with van der Waals surface area (Å²) in [6.07, 6.45) is 1.97. The quantitative estimate of drug-likeness (QED) is 0.199. The van der Waals surface area contributed by atoms with E-state index in [1.807, 2.05) is 18.3 Å². The van der Waals surface area contributed by atoms with Crippen LogP contribution in [0.15, 0.2) is 128 Å². The minimum atomic E-state index is 0.815. The minimum absolute atomic E-state index is 0.815. The van der Waals surface area contributed by atoms with E-state index in [1.165, 1.54) is 5.39 Å². The maximum Gasteiger partial charge on any atom is 0.145 e. The van der Waals surface area contributed by atoms with Gasteiger partial charge >= 0.3 is 0 Å². The molecule has 6 aromatic carbocycles. The van der Waals surface area contributed by atoms with Crippen molar-refractivity contribution in [2.24, 2.45) is 0 Å². The van der Waals surface area contributed by atoms with Crippen molar-refractivity contribution < 1.29 is 4.74 Å². The van der Waals surface area contributed by atoms with Gasteiger partial charge in [0.15, 0.2) is 0 Å². The van der Waals surface area contributed by atoms with Gasteiger partial charge in [-0.2, -0.15) is 0 Å². The fourth-order valence-electron chi connectivity index (χ4n) is 5.10. The van der Waals surface area contributed by atoms with Crippen LogP contribution in [0.3, 0.4) is 0 Å². The number of hydrogen-bond donors (Lipinski definition) is 0. The van der Waals surface area contributed by atoms with E-state index in [1.54, 1.807) is 0 Å². The van der Waals surface area contributed by atoms with Crippen LogP contribution in [0.5, 0.6) is 11.5 Å². The molecule has 0 fully saturated rings. The first-order valence-electron chi connectivity index (χ1n) is 11.8. The van der Waals surface area contributed by atoms with Gasteiger partial charge in [0, 0.05) is 22.5 Å². The molecule has 0 saturated heterocycles. The average molecular weight is 448 g/mol. The maximum absolute atomic E-state index is 6.77. The van der Waals surface area contributed by atoms with Crippen molar-refractivity contribution in [1.82, 2.24) is 4.98 Å². The van der Waals surface area contributed by atoms with Crippen molar-refractivity contribution >= 4 is 43.2 Å². The minimum Gasteiger partial charge on any atom is -0.456 e. The molecule has 0 spiro atoms. The monoisotopic (exact) mass is 447 g/mol. The van der Waals surface area contributed by atoms with E-state index in [2.05, 4.69) is 109 Å². The molecule has 0 radical (unpaired) electrons. The van der Waals surface area contributed by atoms with Gasteiger partial charge in [0.25, 0.3) is 0 Å². The molecule has 2 heteroatoms. The SMILES string of the molecule is c1ccc(-c2c3ccccc3c(Oc3ccc4ccccc4c3)c3c2ncc2ccccc23)cc1. The van der Waals surface area contributed by atoms with Crippen molar-refractivity contribution in [3.8, 4) is 22.6 Å². The van der Waals surface area contributed by atoms with Crippen molar-refractivity contribution in [3.63, 3.8) is 0 Å². The molecule has 0 bridgehead atoms. The van der Waals surface area contributed by atoms with E-state index in [0.717, 1.165) is 60.5 Å². The van der Waals surface area contributed by atoms with E-state index < -0.39 is 0 Å². The molecule has 0 aliphatic rings. The third-order valence-electron chi connectivity index (χ3n) is 6.71. The topological polar surface area (TPSA) is 22.1 Å². The summed E-state index contributed by atoms with van der Waals surface area (Å²) in [5.41, 5.74) is 3.23. The predicted octanol–water partition coefficient (Wildman–Crippen LogP) is 9.15. The van der Waals surface area contributed by atoms with E-state index in [0.29, 0.717) is 0 Å². The Morgan fingerprint density at radius 1 is 0.514 bits per heavy atom. The lowest BCUT2D eigenvalue weighted by Gasteiger charge is -2.18. The van der Waals surface area contributed by atoms with Crippen LogP contribution >= 0.6 is 0 Å². The molecule has 0 N–H and O–H groups in total. The highest BCUT2D eigenvalue weighted by Gasteiger charge is 2.20. The normalized spacial score (nSPS) is 11.4. The van der Waals surface area contributed by atoms with Crippen LogP contribution in [-0.2, 0) is 0 Å². The third kappa shape index (κ3) is 3.23. The smallest absolute Gasteiger partial charge is 0.145 e. The molecule has 7 rings (SSSR count). The zero-order valence-electron chi connectivity index (χ0n) is 19.0. The summed E-state index contributed by atoms with van der Waals surface area (Å²) < 4.78 is 6.77. The highest BCUT2D eigenvalue weighted by Crippen LogP contribution is 2.46. The van der Waals surface area contributed by atoms with Gasteiger partial charge in [0.1, 0.15) is 11.5 Å². The highest BCUT2D eigenvalue weighted by molar-refractivity contribution is 6.22. The Bertz CT molecular complexity index is 1870. The molecule has 2 nitrogen and oxygen atoms in total. The van der Waals surface area contributed by atoms with Gasteiger partial charge in [-0.15, -0.1) is 0 Å². The summed E-state index contributed by atoms with van der Waals surface area (Å²) in [4.78, 5) is 5.01. The Morgan fingerprint density at radius 2 is 1.17 bits per heavy atom. The van der Waals surface area contributed by atoms with Crippen LogP contribution in [0.1, 0.15) is 0 Å². The molecule has 1 aromatic heterocycles.